The molecule has 1 saturated heterocycles. The maximum Gasteiger partial charge on any atom is 0.416 e. The Labute approximate surface area is 264 Å². The third-order valence-electron chi connectivity index (χ3n) is 8.47. The number of rotatable bonds is 8. The monoisotopic (exact) mass is 641 g/mol. The van der Waals surface area contributed by atoms with E-state index in [1.165, 1.54) is 6.92 Å². The van der Waals surface area contributed by atoms with Gasteiger partial charge in [0.25, 0.3) is 5.56 Å². The second kappa shape index (κ2) is 12.9. The van der Waals surface area contributed by atoms with Crippen molar-refractivity contribution in [1.82, 2.24) is 14.0 Å². The van der Waals surface area contributed by atoms with Crippen molar-refractivity contribution in [3.8, 4) is 0 Å². The number of anilines is 1. The van der Waals surface area contributed by atoms with E-state index < -0.39 is 47.0 Å². The van der Waals surface area contributed by atoms with Crippen molar-refractivity contribution in [2.45, 2.75) is 65.0 Å². The fraction of sp³-hybridized carbons (Fsp3) is 0.412. The standard InChI is InChI=1S/C34H39F4N5O3/c1-22-30(41-17-15-40(16-18-41)19-24-13-14-29(46-24)33(2,3)4)31(44)43(21-28(39)23-9-6-5-7-10-23)32(45)42(22)20-25-26(34(36,37)38)11-8-12-27(25)35/h5-14,28H,15-21,39H2,1-4H3/t28-/m0/s1. The van der Waals surface area contributed by atoms with Gasteiger partial charge in [0.05, 0.1) is 25.2 Å². The first-order valence-corrected chi connectivity index (χ1v) is 15.2. The van der Waals surface area contributed by atoms with Gasteiger partial charge in [-0.25, -0.2) is 9.18 Å². The molecule has 0 radical (unpaired) electrons. The van der Waals surface area contributed by atoms with E-state index in [4.69, 9.17) is 10.2 Å². The zero-order chi connectivity index (χ0) is 33.4. The van der Waals surface area contributed by atoms with Crippen molar-refractivity contribution >= 4 is 5.69 Å². The van der Waals surface area contributed by atoms with Gasteiger partial charge in [-0.2, -0.15) is 13.2 Å². The summed E-state index contributed by atoms with van der Waals surface area (Å²) in [5.41, 5.74) is 3.99. The molecule has 1 atom stereocenters. The predicted octanol–water partition coefficient (Wildman–Crippen LogP) is 5.44. The van der Waals surface area contributed by atoms with E-state index in [0.29, 0.717) is 38.3 Å². The van der Waals surface area contributed by atoms with Crippen LogP contribution in [-0.2, 0) is 31.2 Å². The minimum Gasteiger partial charge on any atom is -0.464 e. The minimum absolute atomic E-state index is 0.121. The highest BCUT2D eigenvalue weighted by molar-refractivity contribution is 5.50. The van der Waals surface area contributed by atoms with Crippen LogP contribution in [0.2, 0.25) is 0 Å². The van der Waals surface area contributed by atoms with E-state index in [-0.39, 0.29) is 23.3 Å². The molecule has 8 nitrogen and oxygen atoms in total. The van der Waals surface area contributed by atoms with E-state index in [1.807, 2.05) is 17.0 Å². The van der Waals surface area contributed by atoms with Crippen LogP contribution >= 0.6 is 0 Å². The Morgan fingerprint density at radius 2 is 1.54 bits per heavy atom. The first-order valence-electron chi connectivity index (χ1n) is 15.2. The Morgan fingerprint density at radius 1 is 0.870 bits per heavy atom. The number of halogens is 4. The quantitative estimate of drug-likeness (QED) is 0.258. The molecule has 0 aliphatic carbocycles. The highest BCUT2D eigenvalue weighted by Gasteiger charge is 2.35. The molecule has 46 heavy (non-hydrogen) atoms. The fourth-order valence-corrected chi connectivity index (χ4v) is 5.86. The summed E-state index contributed by atoms with van der Waals surface area (Å²) in [6.45, 7) is 9.35. The van der Waals surface area contributed by atoms with Crippen molar-refractivity contribution in [2.75, 3.05) is 31.1 Å². The van der Waals surface area contributed by atoms with E-state index >= 15 is 0 Å². The number of hydrogen-bond donors (Lipinski definition) is 1. The molecule has 1 fully saturated rings. The number of piperazine rings is 1. The molecule has 0 amide bonds. The Hall–Kier alpha value is -4.16. The average Bonchev–Trinajstić information content (AvgIpc) is 3.48. The maximum atomic E-state index is 15.0. The van der Waals surface area contributed by atoms with Gasteiger partial charge >= 0.3 is 11.9 Å². The van der Waals surface area contributed by atoms with Crippen LogP contribution in [0.5, 0.6) is 0 Å². The third-order valence-corrected chi connectivity index (χ3v) is 8.47. The molecule has 2 aromatic heterocycles. The number of furan rings is 1. The summed E-state index contributed by atoms with van der Waals surface area (Å²) in [6.07, 6.45) is -4.85. The van der Waals surface area contributed by atoms with E-state index in [9.17, 15) is 27.2 Å². The molecule has 0 saturated carbocycles. The molecule has 1 aliphatic heterocycles. The summed E-state index contributed by atoms with van der Waals surface area (Å²) < 4.78 is 64.7. The van der Waals surface area contributed by atoms with Crippen molar-refractivity contribution in [3.63, 3.8) is 0 Å². The van der Waals surface area contributed by atoms with Gasteiger partial charge in [-0.1, -0.05) is 57.2 Å². The Balaban J connectivity index is 1.50. The van der Waals surface area contributed by atoms with Crippen molar-refractivity contribution in [1.29, 1.82) is 0 Å². The SMILES string of the molecule is Cc1c(N2CCN(Cc3ccc(C(C)(C)C)o3)CC2)c(=O)n(C[C@H](N)c2ccccc2)c(=O)n1Cc1c(F)cccc1C(F)(F)F. The van der Waals surface area contributed by atoms with Gasteiger partial charge in [-0.3, -0.25) is 18.8 Å². The molecule has 5 rings (SSSR count). The van der Waals surface area contributed by atoms with Gasteiger partial charge in [-0.05, 0) is 36.8 Å². The Bertz CT molecular complexity index is 1800. The molecule has 246 valence electrons. The van der Waals surface area contributed by atoms with Gasteiger partial charge in [0, 0.05) is 48.9 Å². The summed E-state index contributed by atoms with van der Waals surface area (Å²) in [4.78, 5) is 31.9. The lowest BCUT2D eigenvalue weighted by Crippen LogP contribution is -2.51. The van der Waals surface area contributed by atoms with Crippen LogP contribution in [0.3, 0.4) is 0 Å². The van der Waals surface area contributed by atoms with Crippen LogP contribution in [0, 0.1) is 12.7 Å². The molecule has 4 aromatic rings. The molecule has 0 bridgehead atoms. The summed E-state index contributed by atoms with van der Waals surface area (Å²) in [5, 5.41) is 0. The van der Waals surface area contributed by atoms with Gasteiger partial charge in [0.2, 0.25) is 0 Å². The number of benzene rings is 2. The number of nitrogens with two attached hydrogens (primary N) is 1. The summed E-state index contributed by atoms with van der Waals surface area (Å²) in [5.74, 6) is 0.616. The second-order valence-corrected chi connectivity index (χ2v) is 12.8. The number of aromatic nitrogens is 2. The fourth-order valence-electron chi connectivity index (χ4n) is 5.86. The van der Waals surface area contributed by atoms with Crippen LogP contribution in [0.4, 0.5) is 23.2 Å². The lowest BCUT2D eigenvalue weighted by Gasteiger charge is -2.36. The van der Waals surface area contributed by atoms with Crippen LogP contribution in [-0.4, -0.2) is 40.2 Å². The molecular formula is C34H39F4N5O3. The van der Waals surface area contributed by atoms with Gasteiger partial charge < -0.3 is 15.1 Å². The second-order valence-electron chi connectivity index (χ2n) is 12.8. The number of alkyl halides is 3. The smallest absolute Gasteiger partial charge is 0.416 e. The van der Waals surface area contributed by atoms with Crippen LogP contribution in [0.1, 0.15) is 60.7 Å². The van der Waals surface area contributed by atoms with E-state index in [1.54, 1.807) is 30.3 Å². The minimum atomic E-state index is -4.85. The van der Waals surface area contributed by atoms with Crippen LogP contribution in [0.15, 0.2) is 74.7 Å². The first kappa shape index (κ1) is 33.2. The molecule has 0 unspecified atom stereocenters. The average molecular weight is 642 g/mol. The third kappa shape index (κ3) is 6.97. The largest absolute Gasteiger partial charge is 0.464 e. The number of nitrogens with zero attached hydrogens (tertiary/aromatic N) is 4. The van der Waals surface area contributed by atoms with Gasteiger partial charge in [0.1, 0.15) is 23.0 Å². The first-order chi connectivity index (χ1) is 21.6. The molecule has 12 heteroatoms. The van der Waals surface area contributed by atoms with Crippen LogP contribution in [0.25, 0.3) is 0 Å². The predicted molar refractivity (Wildman–Crippen MR) is 168 cm³/mol. The van der Waals surface area contributed by atoms with Crippen molar-refractivity contribution in [3.05, 3.63) is 121 Å². The summed E-state index contributed by atoms with van der Waals surface area (Å²) in [7, 11) is 0. The summed E-state index contributed by atoms with van der Waals surface area (Å²) >= 11 is 0. The zero-order valence-electron chi connectivity index (χ0n) is 26.4. The molecule has 3 heterocycles. The highest BCUT2D eigenvalue weighted by atomic mass is 19.4. The maximum absolute atomic E-state index is 15.0. The zero-order valence-corrected chi connectivity index (χ0v) is 26.4. The Kier molecular flexibility index (Phi) is 9.33. The molecule has 2 aromatic carbocycles. The molecule has 2 N–H and O–H groups in total. The van der Waals surface area contributed by atoms with E-state index in [0.717, 1.165) is 38.9 Å². The molecular weight excluding hydrogens is 602 g/mol. The van der Waals surface area contributed by atoms with Gasteiger partial charge in [0.15, 0.2) is 0 Å². The highest BCUT2D eigenvalue weighted by Crippen LogP contribution is 2.34. The van der Waals surface area contributed by atoms with Crippen molar-refractivity contribution < 1.29 is 22.0 Å². The summed E-state index contributed by atoms with van der Waals surface area (Å²) in [6, 6.07) is 14.8. The van der Waals surface area contributed by atoms with Gasteiger partial charge in [-0.15, -0.1) is 0 Å². The van der Waals surface area contributed by atoms with Crippen molar-refractivity contribution in [2.24, 2.45) is 5.73 Å². The lowest BCUT2D eigenvalue weighted by atomic mass is 9.94. The number of hydrogen-bond acceptors (Lipinski definition) is 6. The topological polar surface area (TPSA) is 89.6 Å². The molecule has 0 spiro atoms. The molecule has 1 aliphatic rings. The normalized spacial score (nSPS) is 15.4. The van der Waals surface area contributed by atoms with E-state index in [2.05, 4.69) is 25.7 Å². The Morgan fingerprint density at radius 3 is 2.15 bits per heavy atom. The van der Waals surface area contributed by atoms with Crippen LogP contribution < -0.4 is 21.9 Å². The lowest BCUT2D eigenvalue weighted by molar-refractivity contribution is -0.138.